The van der Waals surface area contributed by atoms with Crippen LogP contribution in [0.2, 0.25) is 0 Å². The minimum Gasteiger partial charge on any atom is -0.490 e. The third kappa shape index (κ3) is 3.08. The summed E-state index contributed by atoms with van der Waals surface area (Å²) >= 11 is 0. The molecule has 2 N–H and O–H groups in total. The van der Waals surface area contributed by atoms with Crippen LogP contribution in [0.4, 0.5) is 0 Å². The number of aliphatic hydroxyl groups is 1. The van der Waals surface area contributed by atoms with Crippen molar-refractivity contribution < 1.29 is 24.4 Å². The topological polar surface area (TPSA) is 80.8 Å². The highest BCUT2D eigenvalue weighted by molar-refractivity contribution is 6.01. The molecule has 3 aliphatic rings. The van der Waals surface area contributed by atoms with E-state index >= 15 is 0 Å². The van der Waals surface area contributed by atoms with Crippen molar-refractivity contribution in [2.75, 3.05) is 0 Å². The first-order valence-corrected chi connectivity index (χ1v) is 9.49. The van der Waals surface area contributed by atoms with Crippen molar-refractivity contribution in [3.63, 3.8) is 0 Å². The van der Waals surface area contributed by atoms with E-state index in [0.29, 0.717) is 30.9 Å². The third-order valence-electron chi connectivity index (χ3n) is 5.83. The summed E-state index contributed by atoms with van der Waals surface area (Å²) in [7, 11) is 0. The number of rotatable bonds is 3. The summed E-state index contributed by atoms with van der Waals surface area (Å²) in [5.74, 6) is 0.912. The molecule has 0 saturated heterocycles. The number of nitrogens with one attached hydrogen (secondary N) is 1. The van der Waals surface area contributed by atoms with Crippen LogP contribution in [0.5, 0.6) is 5.75 Å². The molecule has 6 nitrogen and oxygen atoms in total. The van der Waals surface area contributed by atoms with E-state index in [-0.39, 0.29) is 23.8 Å². The number of ether oxygens (including phenoxy) is 1. The third-order valence-corrected chi connectivity index (χ3v) is 5.83. The molecule has 6 heteroatoms. The lowest BCUT2D eigenvalue weighted by Gasteiger charge is -2.29. The van der Waals surface area contributed by atoms with Gasteiger partial charge in [-0.1, -0.05) is 13.3 Å². The molecule has 2 heterocycles. The van der Waals surface area contributed by atoms with E-state index in [2.05, 4.69) is 11.9 Å². The maximum atomic E-state index is 12.7. The van der Waals surface area contributed by atoms with Crippen LogP contribution >= 0.6 is 0 Å². The maximum absolute atomic E-state index is 12.7. The number of amides is 2. The van der Waals surface area contributed by atoms with Crippen molar-refractivity contribution in [3.8, 4) is 5.75 Å². The molecule has 1 fully saturated rings. The Labute approximate surface area is 152 Å². The predicted molar refractivity (Wildman–Crippen MR) is 95.0 cm³/mol. The number of benzene rings is 1. The Balaban J connectivity index is 1.51. The summed E-state index contributed by atoms with van der Waals surface area (Å²) in [6.07, 6.45) is 5.74. The summed E-state index contributed by atoms with van der Waals surface area (Å²) in [4.78, 5) is 28.2. The molecule has 2 amide bonds. The van der Waals surface area contributed by atoms with Gasteiger partial charge < -0.3 is 14.7 Å². The second-order valence-electron chi connectivity index (χ2n) is 7.66. The van der Waals surface area contributed by atoms with E-state index in [1.807, 2.05) is 18.2 Å². The Hall–Kier alpha value is -2.37. The zero-order chi connectivity index (χ0) is 18.3. The Kier molecular flexibility index (Phi) is 4.42. The van der Waals surface area contributed by atoms with Crippen molar-refractivity contribution in [1.29, 1.82) is 0 Å². The van der Waals surface area contributed by atoms with E-state index in [0.717, 1.165) is 17.7 Å². The quantitative estimate of drug-likeness (QED) is 0.855. The predicted octanol–water partition coefficient (Wildman–Crippen LogP) is 1.33. The highest BCUT2D eigenvalue weighted by Gasteiger charge is 2.41. The summed E-state index contributed by atoms with van der Waals surface area (Å²) in [5, 5.41) is 10.1. The smallest absolute Gasteiger partial charge is 0.388 e. The molecular formula is C20H25N2O4+. The van der Waals surface area contributed by atoms with Gasteiger partial charge in [-0.05, 0) is 55.4 Å². The lowest BCUT2D eigenvalue weighted by molar-refractivity contribution is -0.394. The summed E-state index contributed by atoms with van der Waals surface area (Å²) in [6, 6.07) is 5.18. The molecule has 3 atom stereocenters. The fourth-order valence-corrected chi connectivity index (χ4v) is 4.27. The van der Waals surface area contributed by atoms with Gasteiger partial charge in [0.2, 0.25) is 0 Å². The average Bonchev–Trinajstić information content (AvgIpc) is 2.93. The molecule has 138 valence electrons. The minimum atomic E-state index is -0.463. The van der Waals surface area contributed by atoms with E-state index in [1.165, 1.54) is 19.3 Å². The fraction of sp³-hybridized carbons (Fsp3) is 0.550. The van der Waals surface area contributed by atoms with Crippen LogP contribution in [0.3, 0.4) is 0 Å². The Morgan fingerprint density at radius 2 is 2.00 bits per heavy atom. The zero-order valence-corrected chi connectivity index (χ0v) is 15.0. The standard InChI is InChI=1S/C20H24N2O4/c1-12-4-2-3-5-17(12)26-14-6-7-15-13(10-14)11-22(20(15)25)16-8-9-18(23)21-19(16)24/h6-7,10,12,16-17H,2-5,8-9,11H2,1H3,(H,21,23,24)/p+1/t12-,16?,17+/m0/s1. The van der Waals surface area contributed by atoms with Crippen LogP contribution < -0.4 is 9.73 Å². The maximum Gasteiger partial charge on any atom is 0.388 e. The number of carbonyl (C=O) groups is 2. The number of hydrogen-bond donors (Lipinski definition) is 2. The first-order valence-electron chi connectivity index (χ1n) is 9.49. The van der Waals surface area contributed by atoms with Crippen molar-refractivity contribution in [2.24, 2.45) is 5.92 Å². The molecule has 1 aliphatic carbocycles. The number of fused-ring (bicyclic) bond motifs is 1. The van der Waals surface area contributed by atoms with Crippen molar-refractivity contribution >= 4 is 17.7 Å². The normalized spacial score (nSPS) is 28.7. The lowest BCUT2D eigenvalue weighted by atomic mass is 9.88. The zero-order valence-electron chi connectivity index (χ0n) is 15.0. The van der Waals surface area contributed by atoms with Crippen LogP contribution in [0.25, 0.3) is 0 Å². The number of aliphatic hydroxyl groups excluding tert-OH is 1. The Morgan fingerprint density at radius 1 is 1.19 bits per heavy atom. The number of hydrogen-bond acceptors (Lipinski definition) is 3. The van der Waals surface area contributed by atoms with Gasteiger partial charge in [-0.15, -0.1) is 4.99 Å². The molecular weight excluding hydrogens is 332 g/mol. The number of nitrogens with zero attached hydrogens (tertiary/aromatic N) is 1. The monoisotopic (exact) mass is 357 g/mol. The average molecular weight is 357 g/mol. The van der Waals surface area contributed by atoms with Gasteiger partial charge in [-0.25, -0.2) is 4.79 Å². The van der Waals surface area contributed by atoms with Crippen LogP contribution in [0, 0.1) is 5.92 Å². The molecule has 1 saturated carbocycles. The highest BCUT2D eigenvalue weighted by Crippen LogP contribution is 2.32. The first-order chi connectivity index (χ1) is 12.5. The molecule has 2 aliphatic heterocycles. The second kappa shape index (κ2) is 6.74. The van der Waals surface area contributed by atoms with Gasteiger partial charge in [-0.3, -0.25) is 4.79 Å². The van der Waals surface area contributed by atoms with Gasteiger partial charge in [-0.2, -0.15) is 0 Å². The van der Waals surface area contributed by atoms with Crippen LogP contribution in [0.15, 0.2) is 18.2 Å². The number of carbonyl (C=O) groups excluding carboxylic acids is 2. The molecule has 26 heavy (non-hydrogen) atoms. The summed E-state index contributed by atoms with van der Waals surface area (Å²) < 4.78 is 6.20. The van der Waals surface area contributed by atoms with Gasteiger partial charge in [0.25, 0.3) is 5.91 Å². The van der Waals surface area contributed by atoms with E-state index in [9.17, 15) is 14.7 Å². The minimum absolute atomic E-state index is 0.106. The molecule has 0 aromatic heterocycles. The second-order valence-corrected chi connectivity index (χ2v) is 7.66. The van der Waals surface area contributed by atoms with Gasteiger partial charge >= 0.3 is 11.8 Å². The molecule has 0 bridgehead atoms. The fourth-order valence-electron chi connectivity index (χ4n) is 4.27. The molecule has 4 rings (SSSR count). The Morgan fingerprint density at radius 3 is 2.77 bits per heavy atom. The molecule has 0 spiro atoms. The van der Waals surface area contributed by atoms with Crippen molar-refractivity contribution in [1.82, 2.24) is 4.90 Å². The molecule has 1 aromatic carbocycles. The Bertz CT molecular complexity index is 773. The van der Waals surface area contributed by atoms with E-state index in [4.69, 9.17) is 4.74 Å². The van der Waals surface area contributed by atoms with Crippen LogP contribution in [-0.4, -0.2) is 39.9 Å². The van der Waals surface area contributed by atoms with Gasteiger partial charge in [0.15, 0.2) is 6.04 Å². The highest BCUT2D eigenvalue weighted by atomic mass is 16.5. The molecule has 0 radical (unpaired) electrons. The lowest BCUT2D eigenvalue weighted by Crippen LogP contribution is -2.82. The van der Waals surface area contributed by atoms with E-state index < -0.39 is 6.04 Å². The first kappa shape index (κ1) is 17.1. The summed E-state index contributed by atoms with van der Waals surface area (Å²) in [5.41, 5.74) is 1.57. The summed E-state index contributed by atoms with van der Waals surface area (Å²) in [6.45, 7) is 2.66. The van der Waals surface area contributed by atoms with Crippen molar-refractivity contribution in [3.05, 3.63) is 29.3 Å². The SMILES string of the molecule is C[C@H]1CCCC[C@H]1Oc1ccc2c(c1)CN(C1CCC(=O)[NH+]=C1O)C2=O. The molecule has 1 aromatic rings. The largest absolute Gasteiger partial charge is 0.490 e. The molecule has 1 unspecified atom stereocenters. The van der Waals surface area contributed by atoms with Crippen molar-refractivity contribution in [2.45, 2.75) is 64.1 Å². The van der Waals surface area contributed by atoms with Crippen LogP contribution in [0.1, 0.15) is 61.4 Å². The van der Waals surface area contributed by atoms with Gasteiger partial charge in [0.1, 0.15) is 11.9 Å². The van der Waals surface area contributed by atoms with Crippen LogP contribution in [-0.2, 0) is 11.3 Å². The van der Waals surface area contributed by atoms with E-state index in [1.54, 1.807) is 4.90 Å². The van der Waals surface area contributed by atoms with Gasteiger partial charge in [0.05, 0.1) is 6.42 Å². The van der Waals surface area contributed by atoms with Gasteiger partial charge in [0, 0.05) is 12.1 Å².